The maximum atomic E-state index is 10.6. The van der Waals surface area contributed by atoms with E-state index in [-0.39, 0.29) is 12.0 Å². The topological polar surface area (TPSA) is 49.3 Å². The molecule has 1 saturated carbocycles. The highest BCUT2D eigenvalue weighted by molar-refractivity contribution is 5.71. The zero-order valence-electron chi connectivity index (χ0n) is 6.84. The van der Waals surface area contributed by atoms with Crippen LogP contribution < -0.4 is 5.32 Å². The summed E-state index contributed by atoms with van der Waals surface area (Å²) in [6, 6.07) is 0.220. The van der Waals surface area contributed by atoms with Gasteiger partial charge in [-0.25, -0.2) is 0 Å². The van der Waals surface area contributed by atoms with Crippen molar-refractivity contribution >= 4 is 5.97 Å². The Kier molecular flexibility index (Phi) is 2.88. The molecule has 0 radical (unpaired) electrons. The fraction of sp³-hybridized carbons (Fsp3) is 0.875. The van der Waals surface area contributed by atoms with E-state index in [0.29, 0.717) is 0 Å². The molecule has 0 saturated heterocycles. The summed E-state index contributed by atoms with van der Waals surface area (Å²) in [5.41, 5.74) is 0. The molecular formula is C8H15NO2. The van der Waals surface area contributed by atoms with E-state index >= 15 is 0 Å². The molecule has 0 aromatic carbocycles. The number of hydrogen-bond donors (Lipinski definition) is 2. The van der Waals surface area contributed by atoms with E-state index in [1.165, 1.54) is 0 Å². The van der Waals surface area contributed by atoms with Crippen molar-refractivity contribution in [3.63, 3.8) is 0 Å². The molecule has 0 bridgehead atoms. The molecule has 11 heavy (non-hydrogen) atoms. The molecule has 0 amide bonds. The number of hydrogen-bond acceptors (Lipinski definition) is 2. The van der Waals surface area contributed by atoms with Gasteiger partial charge in [-0.3, -0.25) is 4.79 Å². The van der Waals surface area contributed by atoms with Crippen LogP contribution in [0.15, 0.2) is 0 Å². The van der Waals surface area contributed by atoms with Gasteiger partial charge in [0, 0.05) is 6.04 Å². The molecule has 0 aliphatic heterocycles. The second-order valence-electron chi connectivity index (χ2n) is 3.04. The minimum absolute atomic E-state index is 0.144. The van der Waals surface area contributed by atoms with Crippen molar-refractivity contribution in [3.05, 3.63) is 0 Å². The van der Waals surface area contributed by atoms with Gasteiger partial charge < -0.3 is 10.4 Å². The second-order valence-corrected chi connectivity index (χ2v) is 3.04. The van der Waals surface area contributed by atoms with E-state index in [9.17, 15) is 4.79 Å². The molecule has 0 aromatic heterocycles. The van der Waals surface area contributed by atoms with Gasteiger partial charge in [0.05, 0.1) is 5.92 Å². The highest BCUT2D eigenvalue weighted by Gasteiger charge is 2.31. The third-order valence-corrected chi connectivity index (χ3v) is 2.30. The van der Waals surface area contributed by atoms with E-state index < -0.39 is 5.97 Å². The molecule has 1 rings (SSSR count). The second kappa shape index (κ2) is 3.72. The Morgan fingerprint density at radius 1 is 1.64 bits per heavy atom. The summed E-state index contributed by atoms with van der Waals surface area (Å²) < 4.78 is 0. The Morgan fingerprint density at radius 2 is 2.36 bits per heavy atom. The number of aliphatic carboxylic acids is 1. The van der Waals surface area contributed by atoms with Crippen molar-refractivity contribution in [2.45, 2.75) is 32.2 Å². The molecular weight excluding hydrogens is 142 g/mol. The van der Waals surface area contributed by atoms with Gasteiger partial charge in [-0.15, -0.1) is 0 Å². The summed E-state index contributed by atoms with van der Waals surface area (Å²) in [6.07, 6.45) is 2.91. The molecule has 0 heterocycles. The van der Waals surface area contributed by atoms with Crippen LogP contribution in [0.1, 0.15) is 26.2 Å². The van der Waals surface area contributed by atoms with Crippen LogP contribution in [-0.4, -0.2) is 23.7 Å². The number of nitrogens with one attached hydrogen (secondary N) is 1. The van der Waals surface area contributed by atoms with Crippen molar-refractivity contribution in [1.29, 1.82) is 0 Å². The van der Waals surface area contributed by atoms with Crippen LogP contribution >= 0.6 is 0 Å². The summed E-state index contributed by atoms with van der Waals surface area (Å²) in [5.74, 6) is -0.789. The van der Waals surface area contributed by atoms with Gasteiger partial charge in [0.1, 0.15) is 0 Å². The highest BCUT2D eigenvalue weighted by Crippen LogP contribution is 2.25. The predicted molar refractivity (Wildman–Crippen MR) is 42.4 cm³/mol. The number of carboxylic acid groups (broad SMARTS) is 1. The van der Waals surface area contributed by atoms with Crippen LogP contribution in [0.5, 0.6) is 0 Å². The average molecular weight is 157 g/mol. The van der Waals surface area contributed by atoms with Crippen LogP contribution in [0.25, 0.3) is 0 Å². The fourth-order valence-electron chi connectivity index (χ4n) is 1.76. The third kappa shape index (κ3) is 1.93. The van der Waals surface area contributed by atoms with Gasteiger partial charge in [-0.2, -0.15) is 0 Å². The van der Waals surface area contributed by atoms with Crippen molar-refractivity contribution in [2.75, 3.05) is 6.54 Å². The molecule has 2 atom stereocenters. The zero-order chi connectivity index (χ0) is 8.27. The van der Waals surface area contributed by atoms with Crippen LogP contribution in [0, 0.1) is 5.92 Å². The van der Waals surface area contributed by atoms with E-state index in [1.807, 2.05) is 6.92 Å². The molecule has 64 valence electrons. The number of rotatable bonds is 3. The summed E-state index contributed by atoms with van der Waals surface area (Å²) in [6.45, 7) is 2.88. The summed E-state index contributed by atoms with van der Waals surface area (Å²) in [7, 11) is 0. The molecule has 1 fully saturated rings. The van der Waals surface area contributed by atoms with Crippen LogP contribution in [0.2, 0.25) is 0 Å². The lowest BCUT2D eigenvalue weighted by Gasteiger charge is -2.15. The van der Waals surface area contributed by atoms with Crippen molar-refractivity contribution < 1.29 is 9.90 Å². The lowest BCUT2D eigenvalue weighted by Crippen LogP contribution is -2.35. The quantitative estimate of drug-likeness (QED) is 0.638. The maximum absolute atomic E-state index is 10.6. The normalized spacial score (nSPS) is 30.6. The smallest absolute Gasteiger partial charge is 0.308 e. The third-order valence-electron chi connectivity index (χ3n) is 2.30. The van der Waals surface area contributed by atoms with E-state index in [2.05, 4.69) is 5.32 Å². The molecule has 1 aliphatic rings. The minimum atomic E-state index is -0.645. The lowest BCUT2D eigenvalue weighted by atomic mass is 10.0. The Hall–Kier alpha value is -0.570. The van der Waals surface area contributed by atoms with Gasteiger partial charge in [-0.05, 0) is 19.4 Å². The van der Waals surface area contributed by atoms with E-state index in [0.717, 1.165) is 25.8 Å². The Balaban J connectivity index is 2.44. The molecule has 2 N–H and O–H groups in total. The summed E-state index contributed by atoms with van der Waals surface area (Å²) in [5, 5.41) is 12.0. The van der Waals surface area contributed by atoms with Crippen LogP contribution in [0.3, 0.4) is 0 Å². The van der Waals surface area contributed by atoms with Crippen molar-refractivity contribution in [1.82, 2.24) is 5.32 Å². The Labute approximate surface area is 66.8 Å². The van der Waals surface area contributed by atoms with Gasteiger partial charge in [0.25, 0.3) is 0 Å². The minimum Gasteiger partial charge on any atom is -0.481 e. The summed E-state index contributed by atoms with van der Waals surface area (Å²) in [4.78, 5) is 10.6. The van der Waals surface area contributed by atoms with E-state index in [1.54, 1.807) is 0 Å². The molecule has 3 heteroatoms. The zero-order valence-corrected chi connectivity index (χ0v) is 6.84. The first kappa shape index (κ1) is 8.53. The molecule has 0 unspecified atom stereocenters. The largest absolute Gasteiger partial charge is 0.481 e. The maximum Gasteiger partial charge on any atom is 0.308 e. The molecule has 1 aliphatic carbocycles. The first-order valence-corrected chi connectivity index (χ1v) is 4.22. The lowest BCUT2D eigenvalue weighted by molar-refractivity contribution is -0.142. The number of carboxylic acids is 1. The first-order valence-electron chi connectivity index (χ1n) is 4.22. The van der Waals surface area contributed by atoms with Crippen molar-refractivity contribution in [3.8, 4) is 0 Å². The number of carbonyl (C=O) groups is 1. The highest BCUT2D eigenvalue weighted by atomic mass is 16.4. The average Bonchev–Trinajstić information content (AvgIpc) is 2.36. The van der Waals surface area contributed by atoms with Gasteiger partial charge in [-0.1, -0.05) is 13.3 Å². The molecule has 0 spiro atoms. The van der Waals surface area contributed by atoms with Gasteiger partial charge >= 0.3 is 5.97 Å². The van der Waals surface area contributed by atoms with Crippen molar-refractivity contribution in [2.24, 2.45) is 5.92 Å². The van der Waals surface area contributed by atoms with Crippen LogP contribution in [0.4, 0.5) is 0 Å². The Morgan fingerprint density at radius 3 is 2.91 bits per heavy atom. The Bertz CT molecular complexity index is 147. The summed E-state index contributed by atoms with van der Waals surface area (Å²) >= 11 is 0. The van der Waals surface area contributed by atoms with Gasteiger partial charge in [0.15, 0.2) is 0 Å². The first-order chi connectivity index (χ1) is 5.25. The monoisotopic (exact) mass is 157 g/mol. The fourth-order valence-corrected chi connectivity index (χ4v) is 1.76. The van der Waals surface area contributed by atoms with Crippen LogP contribution in [-0.2, 0) is 4.79 Å². The van der Waals surface area contributed by atoms with E-state index in [4.69, 9.17) is 5.11 Å². The molecule has 0 aromatic rings. The molecule has 3 nitrogen and oxygen atoms in total. The van der Waals surface area contributed by atoms with Gasteiger partial charge in [0.2, 0.25) is 0 Å². The standard InChI is InChI=1S/C8H15NO2/c1-2-9-7-5-3-4-6(7)8(10)11/h6-7,9H,2-5H2,1H3,(H,10,11)/t6-,7+/m1/s1. The predicted octanol–water partition coefficient (Wildman–Crippen LogP) is 0.849. The SMILES string of the molecule is CCN[C@H]1CCC[C@H]1C(=O)O.